The molecular weight excluding hydrogens is 351 g/mol. The van der Waals surface area contributed by atoms with E-state index in [1.54, 1.807) is 25.3 Å². The Morgan fingerprint density at radius 3 is 2.96 bits per heavy atom. The van der Waals surface area contributed by atoms with E-state index in [1.807, 2.05) is 0 Å². The number of halogens is 1. The van der Waals surface area contributed by atoms with Crippen LogP contribution in [0.25, 0.3) is 0 Å². The maximum atomic E-state index is 13.1. The van der Waals surface area contributed by atoms with E-state index in [0.717, 1.165) is 0 Å². The van der Waals surface area contributed by atoms with Gasteiger partial charge in [0.25, 0.3) is 0 Å². The summed E-state index contributed by atoms with van der Waals surface area (Å²) >= 11 is 2.65. The third-order valence-electron chi connectivity index (χ3n) is 2.90. The molecule has 1 atom stereocenters. The van der Waals surface area contributed by atoms with Gasteiger partial charge in [-0.1, -0.05) is 17.8 Å². The largest absolute Gasteiger partial charge is 0.466 e. The van der Waals surface area contributed by atoms with Gasteiger partial charge in [-0.25, -0.2) is 9.37 Å². The second-order valence-corrected chi connectivity index (χ2v) is 7.29. The number of thiazole rings is 1. The molecule has 1 N–H and O–H groups in total. The summed E-state index contributed by atoms with van der Waals surface area (Å²) in [5.74, 6) is -0.972. The van der Waals surface area contributed by atoms with Gasteiger partial charge in [-0.2, -0.15) is 0 Å². The van der Waals surface area contributed by atoms with Gasteiger partial charge in [-0.3, -0.25) is 9.59 Å². The van der Waals surface area contributed by atoms with Crippen LogP contribution in [-0.2, 0) is 20.7 Å². The first-order valence-corrected chi connectivity index (χ1v) is 9.07. The predicted octanol–water partition coefficient (Wildman–Crippen LogP) is 3.51. The van der Waals surface area contributed by atoms with Crippen molar-refractivity contribution in [1.29, 1.82) is 0 Å². The first kappa shape index (κ1) is 18.4. The average Bonchev–Trinajstić information content (AvgIpc) is 2.94. The van der Waals surface area contributed by atoms with E-state index < -0.39 is 11.1 Å². The van der Waals surface area contributed by atoms with Crippen molar-refractivity contribution in [2.24, 2.45) is 0 Å². The number of ether oxygens (including phenoxy) is 1. The molecule has 0 saturated carbocycles. The first-order chi connectivity index (χ1) is 11.5. The molecule has 1 aromatic carbocycles. The Labute approximate surface area is 147 Å². The van der Waals surface area contributed by atoms with Crippen LogP contribution in [0, 0.1) is 5.82 Å². The highest BCUT2D eigenvalue weighted by molar-refractivity contribution is 8.02. The maximum absolute atomic E-state index is 13.1. The first-order valence-electron chi connectivity index (χ1n) is 7.31. The van der Waals surface area contributed by atoms with E-state index in [4.69, 9.17) is 4.74 Å². The summed E-state index contributed by atoms with van der Waals surface area (Å²) in [6, 6.07) is 5.73. The summed E-state index contributed by atoms with van der Waals surface area (Å²) in [5.41, 5.74) is 1.04. The molecule has 1 aromatic heterocycles. The van der Waals surface area contributed by atoms with Crippen molar-refractivity contribution in [3.63, 3.8) is 0 Å². The smallest absolute Gasteiger partial charge is 0.311 e. The van der Waals surface area contributed by atoms with Crippen molar-refractivity contribution in [3.8, 4) is 0 Å². The lowest BCUT2D eigenvalue weighted by Gasteiger charge is -2.10. The van der Waals surface area contributed by atoms with Crippen LogP contribution in [0.15, 0.2) is 34.0 Å². The van der Waals surface area contributed by atoms with Crippen LogP contribution in [0.1, 0.15) is 19.5 Å². The summed E-state index contributed by atoms with van der Waals surface area (Å²) in [5, 5.41) is 4.03. The van der Waals surface area contributed by atoms with Crippen molar-refractivity contribution in [2.75, 3.05) is 11.9 Å². The molecule has 2 rings (SSSR count). The molecule has 0 bridgehead atoms. The van der Waals surface area contributed by atoms with Crippen LogP contribution < -0.4 is 5.32 Å². The summed E-state index contributed by atoms with van der Waals surface area (Å²) in [7, 11) is 0. The Morgan fingerprint density at radius 2 is 2.25 bits per heavy atom. The highest BCUT2D eigenvalue weighted by Gasteiger charge is 2.17. The molecule has 5 nitrogen and oxygen atoms in total. The molecule has 0 fully saturated rings. The normalized spacial score (nSPS) is 11.8. The lowest BCUT2D eigenvalue weighted by Crippen LogP contribution is -2.22. The van der Waals surface area contributed by atoms with Crippen LogP contribution >= 0.6 is 23.1 Å². The fourth-order valence-corrected chi connectivity index (χ4v) is 3.78. The number of carbonyl (C=O) groups is 2. The van der Waals surface area contributed by atoms with Gasteiger partial charge in [0.1, 0.15) is 5.82 Å². The van der Waals surface area contributed by atoms with Crippen LogP contribution in [-0.4, -0.2) is 28.7 Å². The van der Waals surface area contributed by atoms with E-state index in [-0.39, 0.29) is 18.3 Å². The Morgan fingerprint density at radius 1 is 1.46 bits per heavy atom. The number of rotatable bonds is 7. The number of nitrogens with one attached hydrogen (secondary N) is 1. The Balaban J connectivity index is 1.89. The van der Waals surface area contributed by atoms with Gasteiger partial charge in [-0.05, 0) is 32.0 Å². The third kappa shape index (κ3) is 5.61. The van der Waals surface area contributed by atoms with Crippen LogP contribution in [0.5, 0.6) is 0 Å². The topological polar surface area (TPSA) is 68.3 Å². The number of carbonyl (C=O) groups excluding carboxylic acids is 2. The van der Waals surface area contributed by atoms with E-state index in [1.165, 1.54) is 41.3 Å². The Kier molecular flexibility index (Phi) is 6.74. The minimum Gasteiger partial charge on any atom is -0.466 e. The van der Waals surface area contributed by atoms with Gasteiger partial charge in [0.15, 0.2) is 4.34 Å². The van der Waals surface area contributed by atoms with Crippen LogP contribution in [0.2, 0.25) is 0 Å². The maximum Gasteiger partial charge on any atom is 0.311 e. The molecule has 0 radical (unpaired) electrons. The summed E-state index contributed by atoms with van der Waals surface area (Å²) in [4.78, 5) is 27.9. The van der Waals surface area contributed by atoms with Gasteiger partial charge in [0.05, 0.1) is 24.0 Å². The number of aromatic nitrogens is 1. The molecule has 0 saturated heterocycles. The second-order valence-electron chi connectivity index (χ2n) is 4.85. The van der Waals surface area contributed by atoms with E-state index >= 15 is 0 Å². The predicted molar refractivity (Wildman–Crippen MR) is 92.8 cm³/mol. The number of nitrogens with zero attached hydrogens (tertiary/aromatic N) is 1. The van der Waals surface area contributed by atoms with E-state index in [0.29, 0.717) is 22.3 Å². The highest BCUT2D eigenvalue weighted by Crippen LogP contribution is 2.27. The number of esters is 1. The van der Waals surface area contributed by atoms with E-state index in [2.05, 4.69) is 10.3 Å². The zero-order valence-electron chi connectivity index (χ0n) is 13.2. The zero-order valence-corrected chi connectivity index (χ0v) is 14.9. The third-order valence-corrected chi connectivity index (χ3v) is 5.02. The Bertz CT molecular complexity index is 721. The van der Waals surface area contributed by atoms with Gasteiger partial charge in [0, 0.05) is 11.1 Å². The van der Waals surface area contributed by atoms with Crippen molar-refractivity contribution in [1.82, 2.24) is 4.98 Å². The molecular formula is C16H17FN2O3S2. The fourth-order valence-electron chi connectivity index (χ4n) is 1.80. The molecule has 0 aliphatic rings. The number of anilines is 1. The molecule has 1 amide bonds. The molecule has 0 aliphatic carbocycles. The quantitative estimate of drug-likeness (QED) is 0.598. The molecule has 128 valence electrons. The number of benzene rings is 1. The van der Waals surface area contributed by atoms with Gasteiger partial charge < -0.3 is 10.1 Å². The van der Waals surface area contributed by atoms with Gasteiger partial charge >= 0.3 is 5.97 Å². The SMILES string of the molecule is CCOC(=O)Cc1csc(S[C@@H](C)C(=O)Nc2cccc(F)c2)n1. The summed E-state index contributed by atoms with van der Waals surface area (Å²) < 4.78 is 18.7. The summed E-state index contributed by atoms with van der Waals surface area (Å²) in [6.07, 6.45) is 0.120. The van der Waals surface area contributed by atoms with Crippen LogP contribution in [0.3, 0.4) is 0 Å². The molecule has 0 aliphatic heterocycles. The lowest BCUT2D eigenvalue weighted by molar-refractivity contribution is -0.142. The molecule has 8 heteroatoms. The standard InChI is InChI=1S/C16H17FN2O3S2/c1-3-22-14(20)8-13-9-23-16(19-13)24-10(2)15(21)18-12-6-4-5-11(17)7-12/h4-7,9-10H,3,8H2,1-2H3,(H,18,21)/t10-/m0/s1. The van der Waals surface area contributed by atoms with Crippen molar-refractivity contribution < 1.29 is 18.7 Å². The molecule has 2 aromatic rings. The highest BCUT2D eigenvalue weighted by atomic mass is 32.2. The molecule has 0 unspecified atom stereocenters. The minimum atomic E-state index is -0.408. The lowest BCUT2D eigenvalue weighted by atomic mass is 10.3. The van der Waals surface area contributed by atoms with Crippen LogP contribution in [0.4, 0.5) is 10.1 Å². The van der Waals surface area contributed by atoms with Gasteiger partial charge in [0.2, 0.25) is 5.91 Å². The second kappa shape index (κ2) is 8.79. The number of amides is 1. The number of hydrogen-bond donors (Lipinski definition) is 1. The minimum absolute atomic E-state index is 0.120. The Hall–Kier alpha value is -1.93. The molecule has 1 heterocycles. The van der Waals surface area contributed by atoms with Gasteiger partial charge in [-0.15, -0.1) is 11.3 Å². The number of thioether (sulfide) groups is 1. The van der Waals surface area contributed by atoms with Crippen molar-refractivity contribution in [2.45, 2.75) is 29.9 Å². The monoisotopic (exact) mass is 368 g/mol. The average molecular weight is 368 g/mol. The van der Waals surface area contributed by atoms with Crippen molar-refractivity contribution in [3.05, 3.63) is 41.2 Å². The number of hydrogen-bond acceptors (Lipinski definition) is 6. The van der Waals surface area contributed by atoms with E-state index in [9.17, 15) is 14.0 Å². The molecule has 24 heavy (non-hydrogen) atoms. The fraction of sp³-hybridized carbons (Fsp3) is 0.312. The van der Waals surface area contributed by atoms with Crippen molar-refractivity contribution >= 4 is 40.7 Å². The molecule has 0 spiro atoms. The summed E-state index contributed by atoms with van der Waals surface area (Å²) in [6.45, 7) is 3.83. The zero-order chi connectivity index (χ0) is 17.5.